The molecular weight excluding hydrogens is 428 g/mol. The third-order valence-corrected chi connectivity index (χ3v) is 6.44. The second-order valence-electron chi connectivity index (χ2n) is 8.54. The lowest BCUT2D eigenvalue weighted by atomic mass is 9.90. The molecule has 0 bridgehead atoms. The maximum Gasteiger partial charge on any atom is 0.306 e. The molecule has 5 rings (SSSR count). The van der Waals surface area contributed by atoms with Crippen LogP contribution in [0.2, 0.25) is 5.02 Å². The predicted molar refractivity (Wildman–Crippen MR) is 126 cm³/mol. The van der Waals surface area contributed by atoms with E-state index in [9.17, 15) is 9.90 Å². The number of carbonyl (C=O) groups is 1. The Morgan fingerprint density at radius 2 is 1.81 bits per heavy atom. The Bertz CT molecular complexity index is 1040. The van der Waals surface area contributed by atoms with Crippen molar-refractivity contribution in [1.29, 1.82) is 0 Å². The van der Waals surface area contributed by atoms with Crippen LogP contribution >= 0.6 is 11.6 Å². The molecule has 1 aliphatic heterocycles. The van der Waals surface area contributed by atoms with E-state index >= 15 is 0 Å². The van der Waals surface area contributed by atoms with Gasteiger partial charge in [-0.1, -0.05) is 30.9 Å². The maximum absolute atomic E-state index is 10.4. The van der Waals surface area contributed by atoms with Gasteiger partial charge < -0.3 is 20.1 Å². The van der Waals surface area contributed by atoms with E-state index < -0.39 is 5.97 Å². The summed E-state index contributed by atoms with van der Waals surface area (Å²) < 4.78 is 0. The Balaban J connectivity index is 0.000000230. The van der Waals surface area contributed by atoms with Gasteiger partial charge in [0.1, 0.15) is 11.6 Å². The Hall–Kier alpha value is -2.64. The summed E-state index contributed by atoms with van der Waals surface area (Å²) in [5, 5.41) is 18.8. The molecule has 7 nitrogen and oxygen atoms in total. The fraction of sp³-hybridized carbons (Fsp3) is 0.458. The van der Waals surface area contributed by atoms with Crippen molar-refractivity contribution in [3.63, 3.8) is 0 Å². The number of carboxylic acid groups (broad SMARTS) is 1. The van der Waals surface area contributed by atoms with Gasteiger partial charge in [-0.15, -0.1) is 0 Å². The number of aliphatic hydroxyl groups excluding tert-OH is 1. The number of aliphatic carboxylic acids is 1. The second kappa shape index (κ2) is 10.3. The zero-order chi connectivity index (χ0) is 22.5. The molecule has 1 saturated heterocycles. The summed E-state index contributed by atoms with van der Waals surface area (Å²) in [5.41, 5.74) is 2.75. The fourth-order valence-electron chi connectivity index (χ4n) is 4.28. The van der Waals surface area contributed by atoms with Crippen molar-refractivity contribution in [2.75, 3.05) is 18.0 Å². The van der Waals surface area contributed by atoms with Gasteiger partial charge in [-0.25, -0.2) is 9.97 Å². The Morgan fingerprint density at radius 3 is 2.44 bits per heavy atom. The molecule has 0 atom stereocenters. The molecule has 2 fully saturated rings. The minimum atomic E-state index is -0.602. The van der Waals surface area contributed by atoms with E-state index in [-0.39, 0.29) is 12.0 Å². The van der Waals surface area contributed by atoms with Crippen molar-refractivity contribution >= 4 is 34.4 Å². The highest BCUT2D eigenvalue weighted by Crippen LogP contribution is 2.25. The van der Waals surface area contributed by atoms with Crippen LogP contribution in [0.4, 0.5) is 5.82 Å². The van der Waals surface area contributed by atoms with E-state index in [1.54, 1.807) is 0 Å². The molecule has 1 saturated carbocycles. The average Bonchev–Trinajstić information content (AvgIpc) is 3.24. The number of H-pyrrole nitrogens is 1. The highest BCUT2D eigenvalue weighted by atomic mass is 35.5. The molecule has 3 aromatic rings. The molecule has 0 radical (unpaired) electrons. The van der Waals surface area contributed by atoms with Gasteiger partial charge in [0.05, 0.1) is 23.1 Å². The van der Waals surface area contributed by atoms with Gasteiger partial charge >= 0.3 is 5.97 Å². The van der Waals surface area contributed by atoms with Gasteiger partial charge in [0.15, 0.2) is 0 Å². The SMILES string of the molecule is O=C(O)C1CCCCC1.OC1CCN(c2ccc(-c3nc4ccc(Cl)cc4[nH]3)cn2)CC1. The van der Waals surface area contributed by atoms with Gasteiger partial charge in [-0.05, 0) is 56.0 Å². The lowest BCUT2D eigenvalue weighted by Crippen LogP contribution is -2.36. The van der Waals surface area contributed by atoms with Gasteiger partial charge in [0.25, 0.3) is 0 Å². The first-order chi connectivity index (χ1) is 15.5. The molecular formula is C24H29ClN4O3. The molecule has 3 heterocycles. The number of aromatic nitrogens is 3. The van der Waals surface area contributed by atoms with E-state index in [1.165, 1.54) is 6.42 Å². The molecule has 0 spiro atoms. The maximum atomic E-state index is 10.4. The zero-order valence-corrected chi connectivity index (χ0v) is 18.8. The van der Waals surface area contributed by atoms with Crippen molar-refractivity contribution in [2.24, 2.45) is 5.92 Å². The van der Waals surface area contributed by atoms with Crippen molar-refractivity contribution in [3.8, 4) is 11.4 Å². The molecule has 3 N–H and O–H groups in total. The molecule has 1 aliphatic carbocycles. The van der Waals surface area contributed by atoms with Crippen molar-refractivity contribution in [1.82, 2.24) is 15.0 Å². The van der Waals surface area contributed by atoms with E-state index in [0.29, 0.717) is 5.02 Å². The number of pyridine rings is 1. The van der Waals surface area contributed by atoms with Gasteiger partial charge in [-0.3, -0.25) is 4.79 Å². The number of nitrogens with one attached hydrogen (secondary N) is 1. The molecule has 1 aromatic carbocycles. The van der Waals surface area contributed by atoms with E-state index in [1.807, 2.05) is 36.5 Å². The summed E-state index contributed by atoms with van der Waals surface area (Å²) in [4.78, 5) is 25.0. The number of nitrogens with zero attached hydrogens (tertiary/aromatic N) is 3. The Morgan fingerprint density at radius 1 is 1.06 bits per heavy atom. The summed E-state index contributed by atoms with van der Waals surface area (Å²) in [5.74, 6) is 1.10. The first kappa shape index (κ1) is 22.6. The normalized spacial score (nSPS) is 17.8. The number of rotatable bonds is 3. The van der Waals surface area contributed by atoms with Crippen LogP contribution in [0.1, 0.15) is 44.9 Å². The first-order valence-corrected chi connectivity index (χ1v) is 11.6. The van der Waals surface area contributed by atoms with Crippen LogP contribution in [0.5, 0.6) is 0 Å². The molecule has 2 aliphatic rings. The van der Waals surface area contributed by atoms with Crippen molar-refractivity contribution in [3.05, 3.63) is 41.6 Å². The number of piperidine rings is 1. The van der Waals surface area contributed by atoms with Crippen LogP contribution in [0.25, 0.3) is 22.4 Å². The number of aromatic amines is 1. The molecule has 32 heavy (non-hydrogen) atoms. The number of imidazole rings is 1. The number of benzene rings is 1. The topological polar surface area (TPSA) is 102 Å². The summed E-state index contributed by atoms with van der Waals surface area (Å²) in [6, 6.07) is 9.63. The molecule has 8 heteroatoms. The quantitative estimate of drug-likeness (QED) is 0.518. The van der Waals surface area contributed by atoms with Gasteiger partial charge in [-0.2, -0.15) is 0 Å². The van der Waals surface area contributed by atoms with Crippen LogP contribution < -0.4 is 4.90 Å². The fourth-order valence-corrected chi connectivity index (χ4v) is 4.45. The number of hydrogen-bond acceptors (Lipinski definition) is 5. The minimum absolute atomic E-state index is 0.0289. The summed E-state index contributed by atoms with van der Waals surface area (Å²) >= 11 is 6.01. The van der Waals surface area contributed by atoms with Crippen LogP contribution in [-0.2, 0) is 4.79 Å². The third-order valence-electron chi connectivity index (χ3n) is 6.21. The highest BCUT2D eigenvalue weighted by Gasteiger charge is 2.19. The number of halogens is 1. The third kappa shape index (κ3) is 5.58. The number of anilines is 1. The van der Waals surface area contributed by atoms with Crippen molar-refractivity contribution < 1.29 is 15.0 Å². The molecule has 2 aromatic heterocycles. The first-order valence-electron chi connectivity index (χ1n) is 11.3. The van der Waals surface area contributed by atoms with Crippen LogP contribution in [0.3, 0.4) is 0 Å². The predicted octanol–water partition coefficient (Wildman–Crippen LogP) is 4.89. The van der Waals surface area contributed by atoms with Crippen LogP contribution in [0, 0.1) is 5.92 Å². The molecule has 0 unspecified atom stereocenters. The van der Waals surface area contributed by atoms with E-state index in [4.69, 9.17) is 16.7 Å². The number of fused-ring (bicyclic) bond motifs is 1. The standard InChI is InChI=1S/C17H17ClN4O.C7H12O2/c18-12-2-3-14-15(9-12)21-17(20-14)11-1-4-16(19-10-11)22-7-5-13(23)6-8-22;8-7(9)6-4-2-1-3-5-6/h1-4,9-10,13,23H,5-8H2,(H,20,21);6H,1-5H2,(H,8,9). The summed E-state index contributed by atoms with van der Waals surface area (Å²) in [6.07, 6.45) is 8.50. The largest absolute Gasteiger partial charge is 0.481 e. The molecule has 0 amide bonds. The van der Waals surface area contributed by atoms with Crippen LogP contribution in [0.15, 0.2) is 36.5 Å². The minimum Gasteiger partial charge on any atom is -0.481 e. The number of hydrogen-bond donors (Lipinski definition) is 3. The van der Waals surface area contributed by atoms with E-state index in [0.717, 1.165) is 79.9 Å². The second-order valence-corrected chi connectivity index (χ2v) is 8.98. The van der Waals surface area contributed by atoms with Gasteiger partial charge in [0, 0.05) is 29.9 Å². The lowest BCUT2D eigenvalue weighted by molar-refractivity contribution is -0.142. The lowest BCUT2D eigenvalue weighted by Gasteiger charge is -2.30. The zero-order valence-electron chi connectivity index (χ0n) is 18.0. The Labute approximate surface area is 192 Å². The van der Waals surface area contributed by atoms with E-state index in [2.05, 4.69) is 19.9 Å². The summed E-state index contributed by atoms with van der Waals surface area (Å²) in [6.45, 7) is 1.69. The number of aliphatic hydroxyl groups is 1. The smallest absolute Gasteiger partial charge is 0.306 e. The van der Waals surface area contributed by atoms with Crippen molar-refractivity contribution in [2.45, 2.75) is 51.0 Å². The number of carboxylic acids is 1. The highest BCUT2D eigenvalue weighted by molar-refractivity contribution is 6.31. The monoisotopic (exact) mass is 456 g/mol. The summed E-state index contributed by atoms with van der Waals surface area (Å²) in [7, 11) is 0. The Kier molecular flexibility index (Phi) is 7.27. The molecule has 170 valence electrons. The van der Waals surface area contributed by atoms with Gasteiger partial charge in [0.2, 0.25) is 0 Å². The average molecular weight is 457 g/mol. The van der Waals surface area contributed by atoms with Crippen LogP contribution in [-0.4, -0.2) is 50.3 Å².